The molecule has 0 radical (unpaired) electrons. The normalized spacial score (nSPS) is 24.9. The molecule has 1 aromatic carbocycles. The number of rotatable bonds is 3. The third-order valence-corrected chi connectivity index (χ3v) is 4.74. The van der Waals surface area contributed by atoms with Crippen molar-refractivity contribution in [3.8, 4) is 0 Å². The fraction of sp³-hybridized carbons (Fsp3) is 0.412. The van der Waals surface area contributed by atoms with Crippen LogP contribution in [0.25, 0.3) is 0 Å². The highest BCUT2D eigenvalue weighted by molar-refractivity contribution is 5.82. The van der Waals surface area contributed by atoms with Crippen LogP contribution in [0.5, 0.6) is 0 Å². The number of carbonyl (C=O) groups is 1. The second kappa shape index (κ2) is 6.04. The Balaban J connectivity index is 1.38. The lowest BCUT2D eigenvalue weighted by molar-refractivity contribution is 0.143. The summed E-state index contributed by atoms with van der Waals surface area (Å²) in [4.78, 5) is 20.9. The quantitative estimate of drug-likeness (QED) is 0.889. The molecule has 0 saturated carbocycles. The van der Waals surface area contributed by atoms with Crippen molar-refractivity contribution in [1.29, 1.82) is 0 Å². The highest BCUT2D eigenvalue weighted by Crippen LogP contribution is 2.28. The summed E-state index contributed by atoms with van der Waals surface area (Å²) in [7, 11) is 0. The van der Waals surface area contributed by atoms with Gasteiger partial charge in [-0.1, -0.05) is 30.3 Å². The standard InChI is InChI=1S/C17H21N5O/c23-17-20-16-15(10-18-12-19-16)22(17)14-6-8-21(9-7-14)11-13-4-2-1-3-5-13/h1-5,10,12,14,16H,6-9,11H2,(H,18,19)(H,20,23). The Labute approximate surface area is 135 Å². The van der Waals surface area contributed by atoms with Crippen molar-refractivity contribution in [3.63, 3.8) is 0 Å². The van der Waals surface area contributed by atoms with Crippen molar-refractivity contribution in [3.05, 3.63) is 47.8 Å². The topological polar surface area (TPSA) is 60.0 Å². The van der Waals surface area contributed by atoms with E-state index < -0.39 is 0 Å². The van der Waals surface area contributed by atoms with E-state index in [0.29, 0.717) is 0 Å². The summed E-state index contributed by atoms with van der Waals surface area (Å²) < 4.78 is 0. The molecule has 1 aromatic rings. The van der Waals surface area contributed by atoms with Crippen molar-refractivity contribution in [2.24, 2.45) is 4.99 Å². The smallest absolute Gasteiger partial charge is 0.324 e. The first-order chi connectivity index (χ1) is 11.3. The average molecular weight is 311 g/mol. The van der Waals surface area contributed by atoms with E-state index in [9.17, 15) is 4.79 Å². The van der Waals surface area contributed by atoms with Crippen LogP contribution < -0.4 is 10.6 Å². The predicted octanol–water partition coefficient (Wildman–Crippen LogP) is 1.48. The Morgan fingerprint density at radius 3 is 2.74 bits per heavy atom. The van der Waals surface area contributed by atoms with E-state index in [1.165, 1.54) is 5.56 Å². The molecule has 0 bridgehead atoms. The van der Waals surface area contributed by atoms with Gasteiger partial charge in [-0.15, -0.1) is 0 Å². The van der Waals surface area contributed by atoms with Gasteiger partial charge in [-0.05, 0) is 18.4 Å². The molecule has 0 aliphatic carbocycles. The maximum atomic E-state index is 12.3. The summed E-state index contributed by atoms with van der Waals surface area (Å²) in [5.41, 5.74) is 2.29. The van der Waals surface area contributed by atoms with Gasteiger partial charge in [0, 0.05) is 31.9 Å². The fourth-order valence-corrected chi connectivity index (χ4v) is 3.57. The molecule has 2 amide bonds. The summed E-state index contributed by atoms with van der Waals surface area (Å²) in [6.45, 7) is 3.01. The van der Waals surface area contributed by atoms with Gasteiger partial charge in [0.05, 0.1) is 12.0 Å². The van der Waals surface area contributed by atoms with Crippen molar-refractivity contribution in [1.82, 2.24) is 20.4 Å². The number of amides is 2. The van der Waals surface area contributed by atoms with Gasteiger partial charge in [-0.2, -0.15) is 0 Å². The number of nitrogens with one attached hydrogen (secondary N) is 2. The number of likely N-dealkylation sites (tertiary alicyclic amines) is 1. The third kappa shape index (κ3) is 2.82. The van der Waals surface area contributed by atoms with E-state index in [2.05, 4.69) is 44.8 Å². The van der Waals surface area contributed by atoms with Gasteiger partial charge in [-0.3, -0.25) is 9.80 Å². The average Bonchev–Trinajstić information content (AvgIpc) is 2.92. The molecule has 120 valence electrons. The van der Waals surface area contributed by atoms with E-state index in [0.717, 1.165) is 38.2 Å². The van der Waals surface area contributed by atoms with Crippen LogP contribution >= 0.6 is 0 Å². The van der Waals surface area contributed by atoms with Gasteiger partial charge in [0.2, 0.25) is 0 Å². The SMILES string of the molecule is O=C1NC2N=CNC=C2N1C1CCN(Cc2ccccc2)CC1. The number of fused-ring (bicyclic) bond motifs is 1. The van der Waals surface area contributed by atoms with E-state index in [-0.39, 0.29) is 18.2 Å². The molecule has 1 atom stereocenters. The molecule has 6 heteroatoms. The number of piperidine rings is 1. The largest absolute Gasteiger partial charge is 0.351 e. The van der Waals surface area contributed by atoms with Gasteiger partial charge in [0.25, 0.3) is 0 Å². The van der Waals surface area contributed by atoms with Crippen LogP contribution in [0.3, 0.4) is 0 Å². The Morgan fingerprint density at radius 1 is 1.17 bits per heavy atom. The first kappa shape index (κ1) is 14.3. The number of carbonyl (C=O) groups excluding carboxylic acids is 1. The molecule has 2 N–H and O–H groups in total. The van der Waals surface area contributed by atoms with Crippen LogP contribution in [0.15, 0.2) is 47.2 Å². The number of hydrogen-bond donors (Lipinski definition) is 2. The molecule has 3 aliphatic heterocycles. The number of urea groups is 1. The molecular formula is C17H21N5O. The van der Waals surface area contributed by atoms with E-state index >= 15 is 0 Å². The zero-order valence-corrected chi connectivity index (χ0v) is 13.0. The maximum absolute atomic E-state index is 12.3. The van der Waals surface area contributed by atoms with E-state index in [1.54, 1.807) is 6.34 Å². The summed E-state index contributed by atoms with van der Waals surface area (Å²) in [6.07, 6.45) is 5.28. The monoisotopic (exact) mass is 311 g/mol. The number of aliphatic imine (C=N–C) groups is 1. The molecule has 0 aromatic heterocycles. The van der Waals surface area contributed by atoms with Crippen molar-refractivity contribution < 1.29 is 4.79 Å². The molecule has 4 rings (SSSR count). The highest BCUT2D eigenvalue weighted by Gasteiger charge is 2.40. The number of nitrogens with zero attached hydrogens (tertiary/aromatic N) is 3. The van der Waals surface area contributed by atoms with Gasteiger partial charge in [0.1, 0.15) is 0 Å². The first-order valence-corrected chi connectivity index (χ1v) is 8.15. The van der Waals surface area contributed by atoms with Gasteiger partial charge in [0.15, 0.2) is 6.17 Å². The summed E-state index contributed by atoms with van der Waals surface area (Å²) in [5, 5.41) is 5.91. The molecule has 3 heterocycles. The molecule has 2 saturated heterocycles. The minimum absolute atomic E-state index is 0.0244. The van der Waals surface area contributed by atoms with Crippen LogP contribution in [-0.4, -0.2) is 47.5 Å². The van der Waals surface area contributed by atoms with Crippen LogP contribution in [0.1, 0.15) is 18.4 Å². The van der Waals surface area contributed by atoms with Crippen LogP contribution in [0.2, 0.25) is 0 Å². The Kier molecular flexibility index (Phi) is 3.75. The second-order valence-electron chi connectivity index (χ2n) is 6.23. The molecular weight excluding hydrogens is 290 g/mol. The lowest BCUT2D eigenvalue weighted by Crippen LogP contribution is -2.45. The predicted molar refractivity (Wildman–Crippen MR) is 88.6 cm³/mol. The van der Waals surface area contributed by atoms with Crippen molar-refractivity contribution in [2.45, 2.75) is 31.6 Å². The first-order valence-electron chi connectivity index (χ1n) is 8.15. The van der Waals surface area contributed by atoms with Crippen LogP contribution in [0, 0.1) is 0 Å². The van der Waals surface area contributed by atoms with Gasteiger partial charge in [-0.25, -0.2) is 9.79 Å². The second-order valence-corrected chi connectivity index (χ2v) is 6.23. The molecule has 1 unspecified atom stereocenters. The van der Waals surface area contributed by atoms with Crippen LogP contribution in [0.4, 0.5) is 4.79 Å². The lowest BCUT2D eigenvalue weighted by atomic mass is 10.0. The maximum Gasteiger partial charge on any atom is 0.324 e. The van der Waals surface area contributed by atoms with E-state index in [1.807, 2.05) is 17.2 Å². The zero-order valence-electron chi connectivity index (χ0n) is 13.0. The minimum Gasteiger partial charge on any atom is -0.351 e. The summed E-state index contributed by atoms with van der Waals surface area (Å²) in [6, 6.07) is 10.8. The molecule has 23 heavy (non-hydrogen) atoms. The lowest BCUT2D eigenvalue weighted by Gasteiger charge is -2.36. The van der Waals surface area contributed by atoms with Gasteiger partial charge >= 0.3 is 6.03 Å². The zero-order chi connectivity index (χ0) is 15.6. The fourth-order valence-electron chi connectivity index (χ4n) is 3.57. The Morgan fingerprint density at radius 2 is 1.96 bits per heavy atom. The number of benzene rings is 1. The van der Waals surface area contributed by atoms with Crippen LogP contribution in [-0.2, 0) is 6.54 Å². The minimum atomic E-state index is -0.217. The molecule has 2 fully saturated rings. The highest BCUT2D eigenvalue weighted by atomic mass is 16.2. The molecule has 0 spiro atoms. The number of hydrogen-bond acceptors (Lipinski definition) is 4. The third-order valence-electron chi connectivity index (χ3n) is 4.74. The van der Waals surface area contributed by atoms with Crippen molar-refractivity contribution in [2.75, 3.05) is 13.1 Å². The summed E-state index contributed by atoms with van der Waals surface area (Å²) >= 11 is 0. The Hall–Kier alpha value is -2.34. The Bertz CT molecular complexity index is 634. The van der Waals surface area contributed by atoms with E-state index in [4.69, 9.17) is 0 Å². The molecule has 3 aliphatic rings. The molecule has 6 nitrogen and oxygen atoms in total. The van der Waals surface area contributed by atoms with Crippen molar-refractivity contribution >= 4 is 12.4 Å². The summed E-state index contributed by atoms with van der Waals surface area (Å²) in [5.74, 6) is 0. The van der Waals surface area contributed by atoms with Gasteiger partial charge < -0.3 is 10.6 Å².